The van der Waals surface area contributed by atoms with Gasteiger partial charge in [-0.3, -0.25) is 4.79 Å². The summed E-state index contributed by atoms with van der Waals surface area (Å²) < 4.78 is 6.60. The van der Waals surface area contributed by atoms with Crippen molar-refractivity contribution in [2.24, 2.45) is 0 Å². The number of aromatic nitrogens is 2. The number of benzene rings is 2. The van der Waals surface area contributed by atoms with E-state index in [-0.39, 0.29) is 22.9 Å². The van der Waals surface area contributed by atoms with Gasteiger partial charge in [0.05, 0.1) is 35.1 Å². The molecule has 3 aromatic rings. The van der Waals surface area contributed by atoms with Crippen LogP contribution >= 0.6 is 11.6 Å². The second-order valence-corrected chi connectivity index (χ2v) is 5.82. The van der Waals surface area contributed by atoms with Crippen molar-refractivity contribution in [2.75, 3.05) is 12.4 Å². The number of hydrogen-bond donors (Lipinski definition) is 1. The lowest BCUT2D eigenvalue weighted by Gasteiger charge is -2.09. The van der Waals surface area contributed by atoms with Gasteiger partial charge in [0.25, 0.3) is 0 Å². The maximum Gasteiger partial charge on any atom is 0.339 e. The number of hydrogen-bond acceptors (Lipinski definition) is 4. The molecule has 1 heterocycles. The summed E-state index contributed by atoms with van der Waals surface area (Å²) in [5, 5.41) is 3.03. The van der Waals surface area contributed by atoms with Crippen LogP contribution in [0.3, 0.4) is 0 Å². The quantitative estimate of drug-likeness (QED) is 0.709. The Bertz CT molecular complexity index is 936. The fourth-order valence-corrected chi connectivity index (χ4v) is 2.70. The van der Waals surface area contributed by atoms with Crippen LogP contribution in [0.1, 0.15) is 16.8 Å². The van der Waals surface area contributed by atoms with Crippen molar-refractivity contribution in [2.45, 2.75) is 13.0 Å². The minimum Gasteiger partial charge on any atom is -0.465 e. The van der Waals surface area contributed by atoms with Gasteiger partial charge in [0, 0.05) is 18.7 Å². The van der Waals surface area contributed by atoms with Gasteiger partial charge in [-0.2, -0.15) is 0 Å². The molecule has 0 unspecified atom stereocenters. The van der Waals surface area contributed by atoms with Crippen molar-refractivity contribution in [3.8, 4) is 0 Å². The molecule has 0 radical (unpaired) electrons. The molecule has 3 rings (SSSR count). The van der Waals surface area contributed by atoms with E-state index in [1.54, 1.807) is 18.5 Å². The number of carbonyl (C=O) groups excluding carboxylic acids is 2. The first-order valence-corrected chi connectivity index (χ1v) is 8.04. The number of anilines is 1. The number of halogens is 1. The summed E-state index contributed by atoms with van der Waals surface area (Å²) in [5.41, 5.74) is 2.57. The number of ether oxygens (including phenoxy) is 1. The highest BCUT2D eigenvalue weighted by molar-refractivity contribution is 6.33. The van der Waals surface area contributed by atoms with E-state index in [1.807, 2.05) is 28.8 Å². The van der Waals surface area contributed by atoms with Crippen LogP contribution in [0.2, 0.25) is 5.02 Å². The summed E-state index contributed by atoms with van der Waals surface area (Å²) in [6.07, 6.45) is 1.99. The van der Waals surface area contributed by atoms with Gasteiger partial charge >= 0.3 is 5.97 Å². The lowest BCUT2D eigenvalue weighted by molar-refractivity contribution is -0.116. The lowest BCUT2D eigenvalue weighted by Crippen LogP contribution is -2.15. The fourth-order valence-electron chi connectivity index (χ4n) is 2.50. The third kappa shape index (κ3) is 3.80. The van der Waals surface area contributed by atoms with E-state index in [4.69, 9.17) is 11.6 Å². The van der Waals surface area contributed by atoms with E-state index in [2.05, 4.69) is 15.0 Å². The van der Waals surface area contributed by atoms with Crippen LogP contribution in [-0.2, 0) is 16.1 Å². The van der Waals surface area contributed by atoms with Gasteiger partial charge in [0.2, 0.25) is 5.91 Å². The summed E-state index contributed by atoms with van der Waals surface area (Å²) >= 11 is 5.97. The van der Waals surface area contributed by atoms with Crippen LogP contribution < -0.4 is 5.32 Å². The summed E-state index contributed by atoms with van der Waals surface area (Å²) in [6, 6.07) is 12.4. The molecule has 25 heavy (non-hydrogen) atoms. The average Bonchev–Trinajstić information content (AvgIpc) is 3.04. The Morgan fingerprint density at radius 1 is 1.24 bits per heavy atom. The maximum absolute atomic E-state index is 12.2. The number of aryl methyl sites for hydroxylation is 1. The summed E-state index contributed by atoms with van der Waals surface area (Å²) in [5.74, 6) is -0.720. The third-order valence-electron chi connectivity index (χ3n) is 3.76. The molecule has 1 N–H and O–H groups in total. The molecule has 0 saturated carbocycles. The molecule has 0 atom stereocenters. The normalized spacial score (nSPS) is 10.6. The van der Waals surface area contributed by atoms with Crippen LogP contribution in [0.4, 0.5) is 5.69 Å². The van der Waals surface area contributed by atoms with Crippen LogP contribution in [0.25, 0.3) is 11.0 Å². The number of fused-ring (bicyclic) bond motifs is 1. The molecular weight excluding hydrogens is 342 g/mol. The molecule has 0 aliphatic heterocycles. The average molecular weight is 358 g/mol. The van der Waals surface area contributed by atoms with Crippen molar-refractivity contribution < 1.29 is 14.3 Å². The Morgan fingerprint density at radius 3 is 2.84 bits per heavy atom. The van der Waals surface area contributed by atoms with E-state index in [9.17, 15) is 9.59 Å². The number of para-hydroxylation sites is 2. The third-order valence-corrected chi connectivity index (χ3v) is 4.09. The van der Waals surface area contributed by atoms with Crippen LogP contribution in [-0.4, -0.2) is 28.5 Å². The largest absolute Gasteiger partial charge is 0.465 e. The molecule has 2 aromatic carbocycles. The zero-order chi connectivity index (χ0) is 17.8. The predicted molar refractivity (Wildman–Crippen MR) is 95.8 cm³/mol. The van der Waals surface area contributed by atoms with Crippen molar-refractivity contribution in [3.05, 3.63) is 59.4 Å². The molecule has 0 saturated heterocycles. The highest BCUT2D eigenvalue weighted by atomic mass is 35.5. The standard InChI is InChI=1S/C18H16ClN3O3/c1-25-18(24)13-10-12(6-7-14(13)19)21-17(23)8-9-22-11-20-15-4-2-3-5-16(15)22/h2-7,10-11H,8-9H2,1H3,(H,21,23). The molecule has 1 aromatic heterocycles. The molecule has 0 aliphatic carbocycles. The second-order valence-electron chi connectivity index (χ2n) is 5.41. The second kappa shape index (κ2) is 7.36. The van der Waals surface area contributed by atoms with E-state index in [0.717, 1.165) is 11.0 Å². The Morgan fingerprint density at radius 2 is 2.04 bits per heavy atom. The monoisotopic (exact) mass is 357 g/mol. The maximum atomic E-state index is 12.2. The fraction of sp³-hybridized carbons (Fsp3) is 0.167. The van der Waals surface area contributed by atoms with E-state index < -0.39 is 5.97 Å². The van der Waals surface area contributed by atoms with E-state index >= 15 is 0 Å². The minimum atomic E-state index is -0.550. The van der Waals surface area contributed by atoms with Gasteiger partial charge in [-0.05, 0) is 30.3 Å². The Kier molecular flexibility index (Phi) is 5.00. The molecular formula is C18H16ClN3O3. The van der Waals surface area contributed by atoms with Crippen molar-refractivity contribution in [1.29, 1.82) is 0 Å². The first-order chi connectivity index (χ1) is 12.1. The Labute approximate surface area is 149 Å². The number of amides is 1. The van der Waals surface area contributed by atoms with Crippen molar-refractivity contribution in [3.63, 3.8) is 0 Å². The number of rotatable bonds is 5. The van der Waals surface area contributed by atoms with Crippen molar-refractivity contribution >= 4 is 40.2 Å². The molecule has 0 aliphatic rings. The number of imidazole rings is 1. The molecule has 7 heteroatoms. The van der Waals surface area contributed by atoms with E-state index in [1.165, 1.54) is 13.2 Å². The van der Waals surface area contributed by atoms with Gasteiger partial charge in [0.15, 0.2) is 0 Å². The van der Waals surface area contributed by atoms with Crippen molar-refractivity contribution in [1.82, 2.24) is 9.55 Å². The van der Waals surface area contributed by atoms with E-state index in [0.29, 0.717) is 12.2 Å². The highest BCUT2D eigenvalue weighted by Gasteiger charge is 2.13. The number of carbonyl (C=O) groups is 2. The number of methoxy groups -OCH3 is 1. The molecule has 6 nitrogen and oxygen atoms in total. The SMILES string of the molecule is COC(=O)c1cc(NC(=O)CCn2cnc3ccccc32)ccc1Cl. The van der Waals surface area contributed by atoms with Gasteiger partial charge in [-0.25, -0.2) is 9.78 Å². The summed E-state index contributed by atoms with van der Waals surface area (Å²) in [4.78, 5) is 28.1. The van der Waals surface area contributed by atoms with Crippen LogP contribution in [0.15, 0.2) is 48.8 Å². The highest BCUT2D eigenvalue weighted by Crippen LogP contribution is 2.21. The minimum absolute atomic E-state index is 0.170. The first kappa shape index (κ1) is 17.0. The Balaban J connectivity index is 1.66. The molecule has 0 bridgehead atoms. The Hall–Kier alpha value is -2.86. The smallest absolute Gasteiger partial charge is 0.339 e. The van der Waals surface area contributed by atoms with Gasteiger partial charge < -0.3 is 14.6 Å². The number of esters is 1. The molecule has 0 fully saturated rings. The molecule has 128 valence electrons. The molecule has 1 amide bonds. The van der Waals surface area contributed by atoms with Gasteiger partial charge in [-0.1, -0.05) is 23.7 Å². The zero-order valence-electron chi connectivity index (χ0n) is 13.5. The van der Waals surface area contributed by atoms with Gasteiger partial charge in [0.1, 0.15) is 0 Å². The van der Waals surface area contributed by atoms with Crippen LogP contribution in [0, 0.1) is 0 Å². The summed E-state index contributed by atoms with van der Waals surface area (Å²) in [7, 11) is 1.28. The predicted octanol–water partition coefficient (Wildman–Crippen LogP) is 3.51. The topological polar surface area (TPSA) is 73.2 Å². The van der Waals surface area contributed by atoms with Crippen LogP contribution in [0.5, 0.6) is 0 Å². The van der Waals surface area contributed by atoms with Gasteiger partial charge in [-0.15, -0.1) is 0 Å². The number of nitrogens with zero attached hydrogens (tertiary/aromatic N) is 2. The zero-order valence-corrected chi connectivity index (χ0v) is 14.3. The first-order valence-electron chi connectivity index (χ1n) is 7.66. The number of nitrogens with one attached hydrogen (secondary N) is 1. The summed E-state index contributed by atoms with van der Waals surface area (Å²) in [6.45, 7) is 0.504. The lowest BCUT2D eigenvalue weighted by atomic mass is 10.2. The molecule has 0 spiro atoms.